The van der Waals surface area contributed by atoms with E-state index in [1.165, 1.54) is 6.92 Å². The average molecular weight is 616 g/mol. The van der Waals surface area contributed by atoms with Crippen molar-refractivity contribution in [2.75, 3.05) is 64.1 Å². The lowest BCUT2D eigenvalue weighted by Gasteiger charge is -2.52. The fourth-order valence-electron chi connectivity index (χ4n) is 7.00. The van der Waals surface area contributed by atoms with Gasteiger partial charge in [0.25, 0.3) is 0 Å². The summed E-state index contributed by atoms with van der Waals surface area (Å²) in [5, 5.41) is 4.10. The van der Waals surface area contributed by atoms with E-state index in [9.17, 15) is 18.0 Å². The van der Waals surface area contributed by atoms with Crippen LogP contribution in [-0.2, 0) is 32.6 Å². The van der Waals surface area contributed by atoms with Crippen LogP contribution in [0.1, 0.15) is 54.0 Å². The molecule has 3 aliphatic heterocycles. The molecule has 238 valence electrons. The van der Waals surface area contributed by atoms with E-state index in [2.05, 4.69) is 19.8 Å². The van der Waals surface area contributed by atoms with Crippen molar-refractivity contribution in [3.63, 3.8) is 0 Å². The quantitative estimate of drug-likeness (QED) is 0.380. The summed E-state index contributed by atoms with van der Waals surface area (Å²) in [6, 6.07) is 4.03. The number of alkyl halides is 3. The van der Waals surface area contributed by atoms with Crippen molar-refractivity contribution in [1.29, 1.82) is 0 Å². The highest BCUT2D eigenvalue weighted by Crippen LogP contribution is 2.43. The molecule has 10 nitrogen and oxygen atoms in total. The first kappa shape index (κ1) is 30.6. The fourth-order valence-corrected chi connectivity index (χ4v) is 7.00. The topological polar surface area (TPSA) is 111 Å². The highest BCUT2D eigenvalue weighted by molar-refractivity contribution is 5.89. The van der Waals surface area contributed by atoms with Crippen molar-refractivity contribution >= 4 is 28.4 Å². The molecule has 0 aliphatic carbocycles. The number of ether oxygens (including phenoxy) is 2. The number of methoxy groups -OCH3 is 1. The molecule has 2 saturated heterocycles. The van der Waals surface area contributed by atoms with Gasteiger partial charge in [-0.15, -0.1) is 0 Å². The minimum Gasteiger partial charge on any atom is -0.399 e. The lowest BCUT2D eigenvalue weighted by atomic mass is 9.86. The van der Waals surface area contributed by atoms with Gasteiger partial charge in [-0.2, -0.15) is 13.2 Å². The maximum atomic E-state index is 13.7. The van der Waals surface area contributed by atoms with Crippen LogP contribution in [0.2, 0.25) is 0 Å². The van der Waals surface area contributed by atoms with E-state index in [0.29, 0.717) is 50.1 Å². The summed E-state index contributed by atoms with van der Waals surface area (Å²) in [7, 11) is 1.70. The number of fused-ring (bicyclic) bond motifs is 4. The molecule has 6 rings (SSSR count). The van der Waals surface area contributed by atoms with Crippen LogP contribution < -0.4 is 11.1 Å². The number of likely N-dealkylation sites (tertiary alicyclic amines) is 2. The normalized spacial score (nSPS) is 19.7. The van der Waals surface area contributed by atoms with E-state index < -0.39 is 23.4 Å². The molecule has 13 heteroatoms. The molecule has 0 unspecified atom stereocenters. The van der Waals surface area contributed by atoms with Gasteiger partial charge in [0.15, 0.2) is 0 Å². The number of piperidine rings is 1. The first-order valence-electron chi connectivity index (χ1n) is 15.2. The zero-order valence-corrected chi connectivity index (χ0v) is 25.6. The molecule has 3 aliphatic rings. The fraction of sp³-hybridized carbons (Fsp3) is 0.581. The van der Waals surface area contributed by atoms with Gasteiger partial charge >= 0.3 is 6.18 Å². The van der Waals surface area contributed by atoms with Crippen LogP contribution in [0.25, 0.3) is 11.0 Å². The number of halogens is 3. The largest absolute Gasteiger partial charge is 0.416 e. The van der Waals surface area contributed by atoms with Crippen molar-refractivity contribution in [2.45, 2.75) is 58.0 Å². The smallest absolute Gasteiger partial charge is 0.399 e. The summed E-state index contributed by atoms with van der Waals surface area (Å²) in [5.74, 6) is 1.26. The number of anilines is 2. The third-order valence-electron chi connectivity index (χ3n) is 9.37. The Morgan fingerprint density at radius 1 is 1.18 bits per heavy atom. The van der Waals surface area contributed by atoms with Crippen molar-refractivity contribution in [1.82, 2.24) is 24.3 Å². The maximum Gasteiger partial charge on any atom is 0.416 e. The first-order valence-corrected chi connectivity index (χ1v) is 15.2. The number of carbonyl (C=O) groups excluding carboxylic acids is 1. The molecule has 0 bridgehead atoms. The molecule has 0 saturated carbocycles. The summed E-state index contributed by atoms with van der Waals surface area (Å²) in [6.07, 6.45) is -2.83. The predicted molar refractivity (Wildman–Crippen MR) is 160 cm³/mol. The Labute approximate surface area is 254 Å². The van der Waals surface area contributed by atoms with Gasteiger partial charge in [0.05, 0.1) is 49.0 Å². The number of hydrogen-bond donors (Lipinski definition) is 2. The summed E-state index contributed by atoms with van der Waals surface area (Å²) in [6.45, 7) is 10.4. The number of nitrogens with two attached hydrogens (primary N) is 1. The second-order valence-corrected chi connectivity index (χ2v) is 12.3. The summed E-state index contributed by atoms with van der Waals surface area (Å²) in [5.41, 5.74) is 6.80. The average Bonchev–Trinajstić information content (AvgIpc) is 3.34. The molecular weight excluding hydrogens is 575 g/mol. The minimum absolute atomic E-state index is 0.0136. The molecule has 1 spiro atoms. The summed E-state index contributed by atoms with van der Waals surface area (Å²) < 4.78 is 54.8. The first-order chi connectivity index (χ1) is 20.9. The zero-order valence-electron chi connectivity index (χ0n) is 25.6. The van der Waals surface area contributed by atoms with Crippen molar-refractivity contribution < 1.29 is 27.4 Å². The molecule has 5 heterocycles. The van der Waals surface area contributed by atoms with Crippen LogP contribution in [0.4, 0.5) is 24.7 Å². The Balaban J connectivity index is 1.23. The van der Waals surface area contributed by atoms with Gasteiger partial charge in [-0.05, 0) is 76.0 Å². The number of amides is 1. The van der Waals surface area contributed by atoms with Crippen LogP contribution >= 0.6 is 0 Å². The number of aryl methyl sites for hydroxylation is 1. The molecular formula is C31H40F3N7O3. The third kappa shape index (κ3) is 5.49. The van der Waals surface area contributed by atoms with E-state index in [1.54, 1.807) is 27.0 Å². The number of nitrogens with zero attached hydrogens (tertiary/aromatic N) is 5. The van der Waals surface area contributed by atoms with E-state index in [0.717, 1.165) is 55.3 Å². The lowest BCUT2D eigenvalue weighted by molar-refractivity contribution is -0.186. The summed E-state index contributed by atoms with van der Waals surface area (Å²) >= 11 is 0. The van der Waals surface area contributed by atoms with Gasteiger partial charge in [0.2, 0.25) is 5.91 Å². The number of carbonyl (C=O) groups is 1. The SMILES string of the molecule is COCCN1CCC(C(=O)N2CC3(C2)OCCn2c3cc3c(N[C@H](C)c4cc(N)cc(C(F)(F)F)c4C)nc(C)nc32)CC1. The highest BCUT2D eigenvalue weighted by atomic mass is 19.4. The molecule has 44 heavy (non-hydrogen) atoms. The Hall–Kier alpha value is -3.42. The Kier molecular flexibility index (Phi) is 8.00. The predicted octanol–water partition coefficient (Wildman–Crippen LogP) is 4.25. The van der Waals surface area contributed by atoms with Gasteiger partial charge in [0, 0.05) is 31.8 Å². The van der Waals surface area contributed by atoms with E-state index in [-0.39, 0.29) is 23.1 Å². The second-order valence-electron chi connectivity index (χ2n) is 12.3. The zero-order chi connectivity index (χ0) is 31.4. The number of nitrogen functional groups attached to an aromatic ring is 1. The van der Waals surface area contributed by atoms with Gasteiger partial charge in [-0.3, -0.25) is 4.79 Å². The van der Waals surface area contributed by atoms with Crippen molar-refractivity contribution in [2.24, 2.45) is 5.92 Å². The van der Waals surface area contributed by atoms with Crippen LogP contribution in [0, 0.1) is 19.8 Å². The number of hydrogen-bond acceptors (Lipinski definition) is 8. The van der Waals surface area contributed by atoms with Gasteiger partial charge < -0.3 is 34.9 Å². The molecule has 0 radical (unpaired) electrons. The lowest BCUT2D eigenvalue weighted by Crippen LogP contribution is -2.65. The molecule has 1 aromatic carbocycles. The molecule has 3 N–H and O–H groups in total. The number of rotatable bonds is 7. The number of aromatic nitrogens is 3. The second kappa shape index (κ2) is 11.5. The van der Waals surface area contributed by atoms with Crippen molar-refractivity contribution in [3.05, 3.63) is 46.4 Å². The maximum absolute atomic E-state index is 13.7. The van der Waals surface area contributed by atoms with Crippen LogP contribution in [-0.4, -0.2) is 83.3 Å². The third-order valence-corrected chi connectivity index (χ3v) is 9.37. The standard InChI is InChI=1S/C31H40F3N7O3/c1-18-23(13-22(35)14-25(18)31(32,33)34)19(2)36-27-24-15-26-30(44-12-10-41(26)28(24)38-20(3)37-27)16-40(17-30)29(42)21-5-7-39(8-6-21)9-11-43-4/h13-15,19,21H,5-12,16-17,35H2,1-4H3,(H,36,37,38)/t19-/m1/s1. The number of nitrogens with one attached hydrogen (secondary N) is 1. The van der Waals surface area contributed by atoms with Gasteiger partial charge in [-0.1, -0.05) is 0 Å². The molecule has 2 aromatic heterocycles. The monoisotopic (exact) mass is 615 g/mol. The molecule has 1 atom stereocenters. The molecule has 1 amide bonds. The van der Waals surface area contributed by atoms with E-state index in [4.69, 9.17) is 20.2 Å². The Morgan fingerprint density at radius 3 is 2.59 bits per heavy atom. The molecule has 2 fully saturated rings. The number of benzene rings is 1. The van der Waals surface area contributed by atoms with Crippen LogP contribution in [0.5, 0.6) is 0 Å². The summed E-state index contributed by atoms with van der Waals surface area (Å²) in [4.78, 5) is 27.0. The van der Waals surface area contributed by atoms with Gasteiger partial charge in [-0.25, -0.2) is 9.97 Å². The Bertz CT molecular complexity index is 1560. The van der Waals surface area contributed by atoms with Crippen LogP contribution in [0.3, 0.4) is 0 Å². The van der Waals surface area contributed by atoms with E-state index in [1.807, 2.05) is 11.0 Å². The van der Waals surface area contributed by atoms with Crippen molar-refractivity contribution in [3.8, 4) is 0 Å². The van der Waals surface area contributed by atoms with Gasteiger partial charge in [0.1, 0.15) is 22.9 Å². The minimum atomic E-state index is -4.51. The highest BCUT2D eigenvalue weighted by Gasteiger charge is 2.52. The Morgan fingerprint density at radius 2 is 1.91 bits per heavy atom. The van der Waals surface area contributed by atoms with Crippen LogP contribution in [0.15, 0.2) is 18.2 Å². The molecule has 3 aromatic rings. The van der Waals surface area contributed by atoms with E-state index >= 15 is 0 Å².